The van der Waals surface area contributed by atoms with E-state index in [1.54, 1.807) is 0 Å². The molecular formula is CHNOZn+2. The monoisotopic (exact) mass is 107 g/mol. The van der Waals surface area contributed by atoms with Gasteiger partial charge in [-0.2, -0.15) is 0 Å². The van der Waals surface area contributed by atoms with Crippen molar-refractivity contribution in [1.29, 1.82) is 5.41 Å². The van der Waals surface area contributed by atoms with Crippen molar-refractivity contribution in [2.45, 2.75) is 0 Å². The third kappa shape index (κ3) is 177000. The summed E-state index contributed by atoms with van der Waals surface area (Å²) in [4.78, 5) is 8.35. The first-order chi connectivity index (χ1) is 1.41. The fraction of sp³-hybridized carbons (Fsp3) is 0. The van der Waals surface area contributed by atoms with Crippen LogP contribution in [0.25, 0.3) is 0 Å². The number of nitrogens with one attached hydrogen (secondary N) is 1. The van der Waals surface area contributed by atoms with E-state index in [1.165, 1.54) is 0 Å². The molecule has 0 aliphatic heterocycles. The molecule has 0 atom stereocenters. The number of hydrogen-bond acceptors (Lipinski definition) is 2. The molecule has 0 aromatic heterocycles. The van der Waals surface area contributed by atoms with E-state index in [2.05, 4.69) is 0 Å². The molecule has 0 amide bonds. The topological polar surface area (TPSA) is 40.9 Å². The minimum atomic E-state index is 0. The average molecular weight is 108 g/mol. The van der Waals surface area contributed by atoms with E-state index < -0.39 is 0 Å². The summed E-state index contributed by atoms with van der Waals surface area (Å²) in [5.41, 5.74) is 0. The second kappa shape index (κ2) is 12.0. The Labute approximate surface area is 36.5 Å². The maximum absolute atomic E-state index is 8.35. The fourth-order valence-corrected chi connectivity index (χ4v) is 0. The van der Waals surface area contributed by atoms with E-state index in [0.29, 0.717) is 0 Å². The molecule has 4 heavy (non-hydrogen) atoms. The first-order valence-corrected chi connectivity index (χ1v) is 0.454. The van der Waals surface area contributed by atoms with E-state index >= 15 is 0 Å². The SMILES string of the molecule is N=C=O.[Zn+2]. The number of hydrogen-bond donors (Lipinski definition) is 1. The molecule has 0 saturated carbocycles. The predicted octanol–water partition coefficient (Wildman–Crippen LogP) is -0.102. The zero-order chi connectivity index (χ0) is 2.71. The molecule has 3 heteroatoms. The Balaban J connectivity index is 0. The summed E-state index contributed by atoms with van der Waals surface area (Å²) in [6.45, 7) is 0. The van der Waals surface area contributed by atoms with Crippen molar-refractivity contribution in [2.75, 3.05) is 0 Å². The number of carbonyl (C=O) groups excluding carboxylic acids is 1. The molecule has 0 aromatic carbocycles. The van der Waals surface area contributed by atoms with Crippen LogP contribution in [-0.2, 0) is 24.3 Å². The first kappa shape index (κ1) is 9.00. The molecule has 0 rings (SSSR count). The van der Waals surface area contributed by atoms with E-state index in [1.807, 2.05) is 0 Å². The molecular weight excluding hydrogens is 107 g/mol. The minimum Gasteiger partial charge on any atom is -0.222 e. The third-order valence-electron chi connectivity index (χ3n) is 0. The Morgan fingerprint density at radius 3 is 1.75 bits per heavy atom. The van der Waals surface area contributed by atoms with Crippen LogP contribution in [0.3, 0.4) is 0 Å². The summed E-state index contributed by atoms with van der Waals surface area (Å²) in [6, 6.07) is 0. The molecule has 0 heterocycles. The molecule has 16 valence electrons. The van der Waals surface area contributed by atoms with Gasteiger partial charge in [0.2, 0.25) is 6.08 Å². The molecule has 0 aliphatic carbocycles. The van der Waals surface area contributed by atoms with Crippen LogP contribution in [0.4, 0.5) is 0 Å². The Morgan fingerprint density at radius 1 is 1.75 bits per heavy atom. The molecule has 0 spiro atoms. The summed E-state index contributed by atoms with van der Waals surface area (Å²) in [7, 11) is 0. The molecule has 0 fully saturated rings. The van der Waals surface area contributed by atoms with E-state index in [4.69, 9.17) is 10.2 Å². The van der Waals surface area contributed by atoms with Gasteiger partial charge in [-0.1, -0.05) is 0 Å². The van der Waals surface area contributed by atoms with Crippen molar-refractivity contribution < 1.29 is 24.3 Å². The van der Waals surface area contributed by atoms with Crippen molar-refractivity contribution in [3.8, 4) is 0 Å². The van der Waals surface area contributed by atoms with Gasteiger partial charge in [-0.25, -0.2) is 10.2 Å². The Kier molecular flexibility index (Phi) is 26.9. The van der Waals surface area contributed by atoms with Crippen LogP contribution in [0, 0.1) is 5.41 Å². The van der Waals surface area contributed by atoms with E-state index in [0.717, 1.165) is 6.08 Å². The van der Waals surface area contributed by atoms with Crippen molar-refractivity contribution >= 4 is 6.08 Å². The van der Waals surface area contributed by atoms with Gasteiger partial charge in [0.15, 0.2) is 0 Å². The van der Waals surface area contributed by atoms with Gasteiger partial charge >= 0.3 is 19.5 Å². The van der Waals surface area contributed by atoms with Crippen molar-refractivity contribution in [3.05, 3.63) is 0 Å². The van der Waals surface area contributed by atoms with Gasteiger partial charge < -0.3 is 0 Å². The predicted molar refractivity (Wildman–Crippen MR) is 8.41 cm³/mol. The Morgan fingerprint density at radius 2 is 1.75 bits per heavy atom. The zero-order valence-electron chi connectivity index (χ0n) is 2.12. The molecule has 2 nitrogen and oxygen atoms in total. The van der Waals surface area contributed by atoms with Gasteiger partial charge in [-0.3, -0.25) is 0 Å². The standard InChI is InChI=1S/CHNO.Zn/c2-1-3;/h2H;/q;+2. The normalized spacial score (nSPS) is 2.00. The largest absolute Gasteiger partial charge is 2.00 e. The van der Waals surface area contributed by atoms with Crippen molar-refractivity contribution in [2.24, 2.45) is 0 Å². The molecule has 0 aromatic rings. The second-order valence-corrected chi connectivity index (χ2v) is 0.102. The van der Waals surface area contributed by atoms with Crippen LogP contribution >= 0.6 is 0 Å². The van der Waals surface area contributed by atoms with E-state index in [-0.39, 0.29) is 19.5 Å². The van der Waals surface area contributed by atoms with Crippen LogP contribution in [0.1, 0.15) is 0 Å². The maximum atomic E-state index is 8.35. The second-order valence-electron chi connectivity index (χ2n) is 0.102. The first-order valence-electron chi connectivity index (χ1n) is 0.454. The number of rotatable bonds is 0. The van der Waals surface area contributed by atoms with E-state index in [9.17, 15) is 0 Å². The number of isocyanates is 1. The average Bonchev–Trinajstić information content (AvgIpc) is 0.918. The fourth-order valence-electron chi connectivity index (χ4n) is 0. The summed E-state index contributed by atoms with van der Waals surface area (Å²) >= 11 is 0. The molecule has 0 bridgehead atoms. The summed E-state index contributed by atoms with van der Waals surface area (Å²) in [6.07, 6.45) is 0.750. The smallest absolute Gasteiger partial charge is 0.222 e. The van der Waals surface area contributed by atoms with Crippen molar-refractivity contribution in [3.63, 3.8) is 0 Å². The van der Waals surface area contributed by atoms with Gasteiger partial charge in [-0.15, -0.1) is 0 Å². The van der Waals surface area contributed by atoms with Crippen LogP contribution in [0.2, 0.25) is 0 Å². The van der Waals surface area contributed by atoms with Gasteiger partial charge in [0.25, 0.3) is 0 Å². The third-order valence-corrected chi connectivity index (χ3v) is 0. The maximum Gasteiger partial charge on any atom is 2.00 e. The van der Waals surface area contributed by atoms with Gasteiger partial charge in [0.1, 0.15) is 0 Å². The summed E-state index contributed by atoms with van der Waals surface area (Å²) in [5, 5.41) is 5.40. The molecule has 0 aliphatic rings. The van der Waals surface area contributed by atoms with Crippen LogP contribution in [0.15, 0.2) is 0 Å². The Hall–Kier alpha value is 0.00338. The molecule has 0 radical (unpaired) electrons. The minimum absolute atomic E-state index is 0. The zero-order valence-corrected chi connectivity index (χ0v) is 5.08. The van der Waals surface area contributed by atoms with Gasteiger partial charge in [-0.05, 0) is 0 Å². The summed E-state index contributed by atoms with van der Waals surface area (Å²) < 4.78 is 0. The molecule has 0 saturated heterocycles. The molecule has 1 N–H and O–H groups in total. The van der Waals surface area contributed by atoms with Gasteiger partial charge in [0.05, 0.1) is 0 Å². The summed E-state index contributed by atoms with van der Waals surface area (Å²) in [5.74, 6) is 0. The Bertz CT molecular complexity index is 29.0. The van der Waals surface area contributed by atoms with Crippen LogP contribution < -0.4 is 0 Å². The van der Waals surface area contributed by atoms with Gasteiger partial charge in [0, 0.05) is 0 Å². The molecule has 0 unspecified atom stereocenters. The quantitative estimate of drug-likeness (QED) is 0.263. The van der Waals surface area contributed by atoms with Crippen LogP contribution in [-0.4, -0.2) is 6.08 Å². The van der Waals surface area contributed by atoms with Crippen molar-refractivity contribution in [1.82, 2.24) is 0 Å². The van der Waals surface area contributed by atoms with Crippen LogP contribution in [0.5, 0.6) is 0 Å².